The third-order valence-corrected chi connectivity index (χ3v) is 4.57. The van der Waals surface area contributed by atoms with E-state index in [1.807, 2.05) is 25.1 Å². The third kappa shape index (κ3) is 6.66. The highest BCUT2D eigenvalue weighted by Crippen LogP contribution is 2.23. The minimum atomic E-state index is -0.229. The standard InChI is InChI=1S/C19H30N4O2.HI/c1-4-25-18(24)23-12-10-16(11-13-23)22-17(20)21-14-19(2,3)15-8-6-5-7-9-15;/h5-9,16H,4,10-14H2,1-3H3,(H3,20,21,22);1H. The number of aliphatic imine (C=N–C) groups is 1. The predicted octanol–water partition coefficient (Wildman–Crippen LogP) is 3.11. The quantitative estimate of drug-likeness (QED) is 0.391. The van der Waals surface area contributed by atoms with Crippen LogP contribution in [0.2, 0.25) is 0 Å². The van der Waals surface area contributed by atoms with Gasteiger partial charge in [0.25, 0.3) is 0 Å². The number of nitrogens with one attached hydrogen (secondary N) is 1. The molecule has 1 heterocycles. The highest BCUT2D eigenvalue weighted by atomic mass is 127. The molecule has 1 aromatic carbocycles. The van der Waals surface area contributed by atoms with Crippen molar-refractivity contribution in [3.63, 3.8) is 0 Å². The molecule has 0 saturated carbocycles. The molecule has 1 aliphatic rings. The number of hydrogen-bond donors (Lipinski definition) is 2. The number of piperidine rings is 1. The molecule has 26 heavy (non-hydrogen) atoms. The fourth-order valence-electron chi connectivity index (χ4n) is 2.94. The van der Waals surface area contributed by atoms with Crippen LogP contribution < -0.4 is 11.1 Å². The first-order valence-corrected chi connectivity index (χ1v) is 8.96. The molecule has 1 aromatic rings. The van der Waals surface area contributed by atoms with Crippen molar-refractivity contribution in [3.05, 3.63) is 35.9 Å². The highest BCUT2D eigenvalue weighted by molar-refractivity contribution is 14.0. The van der Waals surface area contributed by atoms with E-state index < -0.39 is 0 Å². The maximum absolute atomic E-state index is 11.7. The molecule has 0 aliphatic carbocycles. The lowest BCUT2D eigenvalue weighted by atomic mass is 9.85. The molecule has 0 unspecified atom stereocenters. The van der Waals surface area contributed by atoms with Crippen LogP contribution in [-0.4, -0.2) is 49.2 Å². The molecular formula is C19H31IN4O2. The van der Waals surface area contributed by atoms with Crippen LogP contribution in [0, 0.1) is 0 Å². The normalized spacial score (nSPS) is 16.0. The Bertz CT molecular complexity index is 584. The molecule has 1 saturated heterocycles. The van der Waals surface area contributed by atoms with E-state index in [1.165, 1.54) is 5.56 Å². The number of guanidine groups is 1. The van der Waals surface area contributed by atoms with Crippen LogP contribution in [0.5, 0.6) is 0 Å². The summed E-state index contributed by atoms with van der Waals surface area (Å²) in [7, 11) is 0. The van der Waals surface area contributed by atoms with Gasteiger partial charge in [-0.3, -0.25) is 4.99 Å². The molecule has 0 spiro atoms. The maximum atomic E-state index is 11.7. The van der Waals surface area contributed by atoms with Gasteiger partial charge in [0.2, 0.25) is 0 Å². The number of rotatable bonds is 5. The van der Waals surface area contributed by atoms with Gasteiger partial charge in [-0.05, 0) is 25.3 Å². The Kier molecular flexibility index (Phi) is 9.18. The van der Waals surface area contributed by atoms with Crippen molar-refractivity contribution >= 4 is 36.0 Å². The summed E-state index contributed by atoms with van der Waals surface area (Å²) in [6, 6.07) is 10.6. The maximum Gasteiger partial charge on any atom is 0.409 e. The van der Waals surface area contributed by atoms with Crippen LogP contribution in [0.25, 0.3) is 0 Å². The van der Waals surface area contributed by atoms with E-state index in [2.05, 4.69) is 36.3 Å². The summed E-state index contributed by atoms with van der Waals surface area (Å²) in [5.41, 5.74) is 7.24. The van der Waals surface area contributed by atoms with Crippen LogP contribution in [0.4, 0.5) is 4.79 Å². The zero-order chi connectivity index (χ0) is 18.3. The Labute approximate surface area is 173 Å². The van der Waals surface area contributed by atoms with Crippen LogP contribution in [-0.2, 0) is 10.2 Å². The van der Waals surface area contributed by atoms with Gasteiger partial charge in [0.15, 0.2) is 5.96 Å². The van der Waals surface area contributed by atoms with Crippen molar-refractivity contribution in [2.24, 2.45) is 10.7 Å². The summed E-state index contributed by atoms with van der Waals surface area (Å²) >= 11 is 0. The molecule has 6 nitrogen and oxygen atoms in total. The Morgan fingerprint density at radius 3 is 2.50 bits per heavy atom. The molecule has 1 aliphatic heterocycles. The van der Waals surface area contributed by atoms with E-state index in [0.717, 1.165) is 12.8 Å². The Morgan fingerprint density at radius 1 is 1.31 bits per heavy atom. The van der Waals surface area contributed by atoms with Gasteiger partial charge in [0, 0.05) is 24.5 Å². The summed E-state index contributed by atoms with van der Waals surface area (Å²) in [5, 5.41) is 3.28. The van der Waals surface area contributed by atoms with E-state index in [9.17, 15) is 4.79 Å². The smallest absolute Gasteiger partial charge is 0.409 e. The topological polar surface area (TPSA) is 80.0 Å². The van der Waals surface area contributed by atoms with E-state index in [1.54, 1.807) is 4.90 Å². The summed E-state index contributed by atoms with van der Waals surface area (Å²) < 4.78 is 5.03. The fraction of sp³-hybridized carbons (Fsp3) is 0.579. The second-order valence-electron chi connectivity index (χ2n) is 7.06. The average Bonchev–Trinajstić information content (AvgIpc) is 2.62. The number of nitrogens with two attached hydrogens (primary N) is 1. The average molecular weight is 474 g/mol. The highest BCUT2D eigenvalue weighted by Gasteiger charge is 2.24. The lowest BCUT2D eigenvalue weighted by Crippen LogP contribution is -2.48. The zero-order valence-corrected chi connectivity index (χ0v) is 18.2. The molecule has 2 rings (SSSR count). The predicted molar refractivity (Wildman–Crippen MR) is 116 cm³/mol. The molecule has 0 bridgehead atoms. The summed E-state index contributed by atoms with van der Waals surface area (Å²) in [6.45, 7) is 8.54. The summed E-state index contributed by atoms with van der Waals surface area (Å²) in [5.74, 6) is 0.471. The van der Waals surface area contributed by atoms with Gasteiger partial charge in [0.05, 0.1) is 13.2 Å². The molecule has 0 aromatic heterocycles. The minimum absolute atomic E-state index is 0. The Morgan fingerprint density at radius 2 is 1.92 bits per heavy atom. The van der Waals surface area contributed by atoms with Gasteiger partial charge in [-0.1, -0.05) is 44.2 Å². The number of halogens is 1. The van der Waals surface area contributed by atoms with Crippen molar-refractivity contribution in [1.82, 2.24) is 10.2 Å². The third-order valence-electron chi connectivity index (χ3n) is 4.57. The number of ether oxygens (including phenoxy) is 1. The first kappa shape index (κ1) is 22.5. The summed E-state index contributed by atoms with van der Waals surface area (Å²) in [4.78, 5) is 18.0. The van der Waals surface area contributed by atoms with Crippen molar-refractivity contribution in [1.29, 1.82) is 0 Å². The molecule has 146 valence electrons. The van der Waals surface area contributed by atoms with Crippen molar-refractivity contribution in [2.75, 3.05) is 26.2 Å². The zero-order valence-electron chi connectivity index (χ0n) is 15.9. The molecule has 0 atom stereocenters. The fourth-order valence-corrected chi connectivity index (χ4v) is 2.94. The van der Waals surface area contributed by atoms with Gasteiger partial charge >= 0.3 is 6.09 Å². The number of nitrogens with zero attached hydrogens (tertiary/aromatic N) is 2. The Balaban J connectivity index is 0.00000338. The number of likely N-dealkylation sites (tertiary alicyclic amines) is 1. The van der Waals surface area contributed by atoms with E-state index >= 15 is 0 Å². The van der Waals surface area contributed by atoms with E-state index in [4.69, 9.17) is 10.5 Å². The number of carbonyl (C=O) groups excluding carboxylic acids is 1. The van der Waals surface area contributed by atoms with Gasteiger partial charge in [-0.25, -0.2) is 4.79 Å². The first-order chi connectivity index (χ1) is 11.9. The molecule has 3 N–H and O–H groups in total. The van der Waals surface area contributed by atoms with E-state index in [0.29, 0.717) is 32.2 Å². The van der Waals surface area contributed by atoms with Gasteiger partial charge in [-0.15, -0.1) is 24.0 Å². The van der Waals surface area contributed by atoms with Crippen molar-refractivity contribution in [2.45, 2.75) is 45.1 Å². The Hall–Kier alpha value is -1.51. The van der Waals surface area contributed by atoms with Crippen LogP contribution >= 0.6 is 24.0 Å². The second-order valence-corrected chi connectivity index (χ2v) is 7.06. The van der Waals surface area contributed by atoms with Gasteiger partial charge in [0.1, 0.15) is 0 Å². The number of carbonyl (C=O) groups is 1. The first-order valence-electron chi connectivity index (χ1n) is 8.96. The van der Waals surface area contributed by atoms with Crippen LogP contribution in [0.15, 0.2) is 35.3 Å². The minimum Gasteiger partial charge on any atom is -0.450 e. The molecule has 1 fully saturated rings. The molecule has 1 amide bonds. The van der Waals surface area contributed by atoms with Crippen molar-refractivity contribution in [3.8, 4) is 0 Å². The lowest BCUT2D eigenvalue weighted by molar-refractivity contribution is 0.0963. The second kappa shape index (κ2) is 10.6. The largest absolute Gasteiger partial charge is 0.450 e. The molecule has 7 heteroatoms. The summed E-state index contributed by atoms with van der Waals surface area (Å²) in [6.07, 6.45) is 1.46. The van der Waals surface area contributed by atoms with Crippen LogP contribution in [0.3, 0.4) is 0 Å². The lowest BCUT2D eigenvalue weighted by Gasteiger charge is -2.32. The van der Waals surface area contributed by atoms with Crippen molar-refractivity contribution < 1.29 is 9.53 Å². The number of hydrogen-bond acceptors (Lipinski definition) is 3. The van der Waals surface area contributed by atoms with Gasteiger partial charge < -0.3 is 20.7 Å². The van der Waals surface area contributed by atoms with Gasteiger partial charge in [-0.2, -0.15) is 0 Å². The SMILES string of the molecule is CCOC(=O)N1CCC(NC(N)=NCC(C)(C)c2ccccc2)CC1.I. The number of benzene rings is 1. The number of amides is 1. The molecule has 0 radical (unpaired) electrons. The monoisotopic (exact) mass is 474 g/mol. The van der Waals surface area contributed by atoms with Crippen LogP contribution in [0.1, 0.15) is 39.2 Å². The van der Waals surface area contributed by atoms with E-state index in [-0.39, 0.29) is 41.5 Å². The molecular weight excluding hydrogens is 443 g/mol.